The smallest absolute Gasteiger partial charge is 0.410 e. The molecule has 33 heavy (non-hydrogen) atoms. The van der Waals surface area contributed by atoms with Crippen molar-refractivity contribution in [2.75, 3.05) is 6.54 Å². The molecule has 0 bridgehead atoms. The molecule has 0 aromatic carbocycles. The first-order valence-corrected chi connectivity index (χ1v) is 16.7. The van der Waals surface area contributed by atoms with Crippen LogP contribution in [0.3, 0.4) is 0 Å². The molecule has 0 spiro atoms. The van der Waals surface area contributed by atoms with Crippen LogP contribution >= 0.6 is 26.4 Å². The van der Waals surface area contributed by atoms with Gasteiger partial charge in [0, 0.05) is 6.54 Å². The van der Waals surface area contributed by atoms with E-state index in [0.29, 0.717) is 17.6 Å². The minimum Gasteiger partial charge on any atom is -0.465 e. The van der Waals surface area contributed by atoms with Gasteiger partial charge in [-0.1, -0.05) is 49.4 Å². The van der Waals surface area contributed by atoms with Crippen LogP contribution < -0.4 is 15.2 Å². The molecule has 0 aliphatic carbocycles. The highest BCUT2D eigenvalue weighted by molar-refractivity contribution is 9.10. The van der Waals surface area contributed by atoms with Crippen molar-refractivity contribution in [3.8, 4) is 0 Å². The minimum absolute atomic E-state index is 0.133. The SMILES string of the molecule is CC[Si](CC)(CC)c1cc(Br)nc([C@@]2(C)N=C(NC(=O)O)C(C)(C)[S@]3(O)NCCC[C@@H]23)c1F. The van der Waals surface area contributed by atoms with Gasteiger partial charge in [-0.05, 0) is 60.8 Å². The van der Waals surface area contributed by atoms with Gasteiger partial charge >= 0.3 is 6.09 Å². The van der Waals surface area contributed by atoms with Gasteiger partial charge in [-0.2, -0.15) is 0 Å². The molecule has 0 radical (unpaired) electrons. The highest BCUT2D eigenvalue weighted by atomic mass is 79.9. The predicted octanol–water partition coefficient (Wildman–Crippen LogP) is 5.32. The summed E-state index contributed by atoms with van der Waals surface area (Å²) in [6.45, 7) is 12.4. The number of halogens is 2. The average molecular weight is 564 g/mol. The van der Waals surface area contributed by atoms with E-state index >= 15 is 4.39 Å². The molecule has 1 saturated heterocycles. The second kappa shape index (κ2) is 9.22. The van der Waals surface area contributed by atoms with Gasteiger partial charge in [0.15, 0.2) is 0 Å². The zero-order valence-corrected chi connectivity index (χ0v) is 23.7. The summed E-state index contributed by atoms with van der Waals surface area (Å²) >= 11 is 3.51. The van der Waals surface area contributed by atoms with Crippen LogP contribution in [0.1, 0.15) is 60.1 Å². The lowest BCUT2D eigenvalue weighted by Crippen LogP contribution is -2.64. The molecule has 0 unspecified atom stereocenters. The monoisotopic (exact) mass is 562 g/mol. The minimum atomic E-state index is -2.62. The normalized spacial score (nSPS) is 29.2. The molecule has 11 heteroatoms. The molecule has 3 atom stereocenters. The highest BCUT2D eigenvalue weighted by Crippen LogP contribution is 2.66. The lowest BCUT2D eigenvalue weighted by Gasteiger charge is -2.61. The van der Waals surface area contributed by atoms with Crippen molar-refractivity contribution in [1.82, 2.24) is 15.0 Å². The molecule has 4 N–H and O–H groups in total. The number of aliphatic imine (C=N–C) groups is 1. The fourth-order valence-electron chi connectivity index (χ4n) is 5.55. The Labute approximate surface area is 206 Å². The quantitative estimate of drug-likeness (QED) is 0.287. The number of rotatable bonds is 5. The number of amides is 1. The largest absolute Gasteiger partial charge is 0.465 e. The number of pyridine rings is 1. The molecule has 7 nitrogen and oxygen atoms in total. The lowest BCUT2D eigenvalue weighted by molar-refractivity contribution is 0.199. The van der Waals surface area contributed by atoms with Crippen molar-refractivity contribution >= 4 is 51.6 Å². The topological polar surface area (TPSA) is 107 Å². The maximum atomic E-state index is 16.5. The van der Waals surface area contributed by atoms with Crippen molar-refractivity contribution in [2.45, 2.75) is 88.1 Å². The van der Waals surface area contributed by atoms with Crippen LogP contribution in [0.15, 0.2) is 15.7 Å². The van der Waals surface area contributed by atoms with Gasteiger partial charge in [-0.25, -0.2) is 14.2 Å². The number of nitrogens with zero attached hydrogens (tertiary/aromatic N) is 2. The number of hydrogen-bond acceptors (Lipinski definition) is 5. The molecule has 1 aromatic rings. The summed E-state index contributed by atoms with van der Waals surface area (Å²) in [5.74, 6) is -0.225. The molecule has 3 heterocycles. The Kier molecular flexibility index (Phi) is 7.43. The molecule has 1 aromatic heterocycles. The van der Waals surface area contributed by atoms with E-state index in [2.05, 4.69) is 51.7 Å². The van der Waals surface area contributed by atoms with Crippen LogP contribution in [0.2, 0.25) is 18.1 Å². The molecule has 1 fully saturated rings. The standard InChI is InChI=1S/C22H36BrFN4O3SSi/c1-7-33(8-2,9-3)14-13-16(23)26-18(17(14)24)22(6)15-11-10-12-25-32(15,31)21(4,5)19(28-22)27-20(29)30/h13,15,25,31H,7-12H2,1-6H3,(H,27,28)(H,29,30)/t15-,22-/m0/s1. The van der Waals surface area contributed by atoms with Crippen molar-refractivity contribution in [2.24, 2.45) is 4.99 Å². The van der Waals surface area contributed by atoms with Crippen molar-refractivity contribution in [3.05, 3.63) is 22.2 Å². The van der Waals surface area contributed by atoms with Gasteiger partial charge in [-0.15, -0.1) is 0 Å². The Morgan fingerprint density at radius 2 is 1.94 bits per heavy atom. The molecule has 2 aliphatic heterocycles. The molecule has 186 valence electrons. The van der Waals surface area contributed by atoms with E-state index in [1.165, 1.54) is 0 Å². The van der Waals surface area contributed by atoms with E-state index in [-0.39, 0.29) is 17.3 Å². The Hall–Kier alpha value is -1.01. The first-order valence-electron chi connectivity index (χ1n) is 11.6. The number of aromatic nitrogens is 1. The van der Waals surface area contributed by atoms with Crippen molar-refractivity contribution in [1.29, 1.82) is 0 Å². The second-order valence-electron chi connectivity index (χ2n) is 9.70. The molecule has 0 saturated carbocycles. The number of hydrogen-bond donors (Lipinski definition) is 4. The zero-order chi connectivity index (χ0) is 24.8. The van der Waals surface area contributed by atoms with Crippen LogP contribution in [0.4, 0.5) is 9.18 Å². The zero-order valence-electron chi connectivity index (χ0n) is 20.3. The Balaban J connectivity index is 2.35. The van der Waals surface area contributed by atoms with Gasteiger partial charge in [0.25, 0.3) is 0 Å². The molecular formula is C22H36BrFN4O3SSi. The number of carboxylic acid groups (broad SMARTS) is 1. The number of fused-ring (bicyclic) bond motifs is 1. The first kappa shape index (κ1) is 26.6. The third kappa shape index (κ3) is 4.07. The van der Waals surface area contributed by atoms with E-state index in [0.717, 1.165) is 29.7 Å². The van der Waals surface area contributed by atoms with E-state index in [1.54, 1.807) is 20.8 Å². The Bertz CT molecular complexity index is 969. The summed E-state index contributed by atoms with van der Waals surface area (Å²) in [7, 11) is -4.73. The predicted molar refractivity (Wildman–Crippen MR) is 140 cm³/mol. The maximum absolute atomic E-state index is 16.5. The number of nitrogens with one attached hydrogen (secondary N) is 2. The van der Waals surface area contributed by atoms with Crippen molar-refractivity contribution in [3.63, 3.8) is 0 Å². The Morgan fingerprint density at radius 3 is 2.48 bits per heavy atom. The van der Waals surface area contributed by atoms with Crippen LogP contribution in [0, 0.1) is 5.82 Å². The van der Waals surface area contributed by atoms with Gasteiger partial charge < -0.3 is 9.66 Å². The first-order chi connectivity index (χ1) is 15.3. The van der Waals surface area contributed by atoms with Crippen LogP contribution in [0.5, 0.6) is 0 Å². The molecule has 2 aliphatic rings. The van der Waals surface area contributed by atoms with Gasteiger partial charge in [-0.3, -0.25) is 15.0 Å². The number of carbonyl (C=O) groups is 1. The number of amidine groups is 1. The summed E-state index contributed by atoms with van der Waals surface area (Å²) in [6, 6.07) is 4.54. The summed E-state index contributed by atoms with van der Waals surface area (Å²) in [5.41, 5.74) is -1.05. The maximum Gasteiger partial charge on any atom is 0.410 e. The summed E-state index contributed by atoms with van der Waals surface area (Å²) in [5, 5.41) is 12.2. The van der Waals surface area contributed by atoms with Gasteiger partial charge in [0.1, 0.15) is 27.5 Å². The van der Waals surface area contributed by atoms with E-state index in [1.807, 2.05) is 6.07 Å². The third-order valence-corrected chi connectivity index (χ3v) is 17.8. The second-order valence-corrected chi connectivity index (χ2v) is 18.9. The van der Waals surface area contributed by atoms with Crippen molar-refractivity contribution < 1.29 is 18.8 Å². The third-order valence-electron chi connectivity index (χ3n) is 7.93. The summed E-state index contributed by atoms with van der Waals surface area (Å²) < 4.78 is 31.4. The van der Waals surface area contributed by atoms with Gasteiger partial charge in [0.2, 0.25) is 0 Å². The van der Waals surface area contributed by atoms with Gasteiger partial charge in [0.05, 0.1) is 18.1 Å². The van der Waals surface area contributed by atoms with Crippen LogP contribution in [-0.2, 0) is 5.54 Å². The fourth-order valence-corrected chi connectivity index (χ4v) is 13.3. The van der Waals surface area contributed by atoms with E-state index in [9.17, 15) is 14.5 Å². The van der Waals surface area contributed by atoms with Crippen LogP contribution in [-0.4, -0.2) is 51.2 Å². The molecule has 1 amide bonds. The van der Waals surface area contributed by atoms with Crippen LogP contribution in [0.25, 0.3) is 0 Å². The van der Waals surface area contributed by atoms with E-state index < -0.39 is 40.2 Å². The highest BCUT2D eigenvalue weighted by Gasteiger charge is 2.61. The summed E-state index contributed by atoms with van der Waals surface area (Å²) in [6.07, 6.45) is 0.186. The Morgan fingerprint density at radius 1 is 1.33 bits per heavy atom. The average Bonchev–Trinajstić information content (AvgIpc) is 2.75. The molecule has 3 rings (SSSR count). The molecular weight excluding hydrogens is 527 g/mol. The lowest BCUT2D eigenvalue weighted by atomic mass is 9.89. The fraction of sp³-hybridized carbons (Fsp3) is 0.682. The van der Waals surface area contributed by atoms with E-state index in [4.69, 9.17) is 4.99 Å². The summed E-state index contributed by atoms with van der Waals surface area (Å²) in [4.78, 5) is 21.0.